The largest absolute Gasteiger partial charge is 0.261 e. The van der Waals surface area contributed by atoms with Gasteiger partial charge >= 0.3 is 0 Å². The zero-order valence-electron chi connectivity index (χ0n) is 4.41. The summed E-state index contributed by atoms with van der Waals surface area (Å²) < 4.78 is 0. The maximum atomic E-state index is 5.25. The molecular weight excluding hydrogens is 98.9 g/mol. The van der Waals surface area contributed by atoms with Crippen LogP contribution in [-0.4, -0.2) is 17.8 Å². The van der Waals surface area contributed by atoms with Crippen molar-refractivity contribution in [2.45, 2.75) is 6.32 Å². The molecule has 8 heavy (non-hydrogen) atoms. The summed E-state index contributed by atoms with van der Waals surface area (Å²) in [5.41, 5.74) is 0.826. The Balaban J connectivity index is 2.83. The molecule has 1 aromatic rings. The molecule has 0 atom stereocenters. The van der Waals surface area contributed by atoms with E-state index in [0.717, 1.165) is 5.69 Å². The van der Waals surface area contributed by atoms with E-state index >= 15 is 0 Å². The molecule has 1 heterocycles. The Kier molecular flexibility index (Phi) is 1.62. The van der Waals surface area contributed by atoms with Crippen LogP contribution in [0.5, 0.6) is 0 Å². The zero-order valence-corrected chi connectivity index (χ0v) is 4.41. The van der Waals surface area contributed by atoms with Gasteiger partial charge in [-0.25, -0.2) is 0 Å². The predicted molar refractivity (Wildman–Crippen MR) is 31.5 cm³/mol. The van der Waals surface area contributed by atoms with Crippen LogP contribution in [0.15, 0.2) is 18.6 Å². The summed E-state index contributed by atoms with van der Waals surface area (Å²) in [5.74, 6) is 0. The Hall–Kier alpha value is -0.855. The molecule has 0 aromatic carbocycles. The fourth-order valence-electron chi connectivity index (χ4n) is 0.435. The van der Waals surface area contributed by atoms with E-state index in [4.69, 9.17) is 7.85 Å². The monoisotopic (exact) mass is 104 g/mol. The number of hydrogen-bond donors (Lipinski definition) is 0. The van der Waals surface area contributed by atoms with Gasteiger partial charge in [0.05, 0.1) is 13.5 Å². The third kappa shape index (κ3) is 1.06. The van der Waals surface area contributed by atoms with Gasteiger partial charge in [0.15, 0.2) is 0 Å². The van der Waals surface area contributed by atoms with Crippen molar-refractivity contribution in [2.24, 2.45) is 0 Å². The lowest BCUT2D eigenvalue weighted by atomic mass is 10.0. The summed E-state index contributed by atoms with van der Waals surface area (Å²) >= 11 is 0. The van der Waals surface area contributed by atoms with E-state index in [2.05, 4.69) is 9.97 Å². The van der Waals surface area contributed by atoms with E-state index in [1.54, 1.807) is 18.6 Å². The molecule has 0 aliphatic heterocycles. The van der Waals surface area contributed by atoms with Crippen LogP contribution in [-0.2, 0) is 6.32 Å². The molecule has 2 radical (unpaired) electrons. The minimum atomic E-state index is 0.466. The van der Waals surface area contributed by atoms with Crippen LogP contribution in [0.25, 0.3) is 0 Å². The summed E-state index contributed by atoms with van der Waals surface area (Å²) in [4.78, 5) is 7.72. The molecule has 1 aromatic heterocycles. The van der Waals surface area contributed by atoms with Gasteiger partial charge in [0.1, 0.15) is 0 Å². The van der Waals surface area contributed by atoms with Crippen molar-refractivity contribution in [1.82, 2.24) is 9.97 Å². The molecule has 0 N–H and O–H groups in total. The number of nitrogens with zero attached hydrogens (tertiary/aromatic N) is 2. The van der Waals surface area contributed by atoms with Gasteiger partial charge in [0.25, 0.3) is 0 Å². The van der Waals surface area contributed by atoms with Crippen LogP contribution < -0.4 is 0 Å². The second-order valence-electron chi connectivity index (χ2n) is 1.40. The van der Waals surface area contributed by atoms with E-state index in [1.165, 1.54) is 0 Å². The van der Waals surface area contributed by atoms with Crippen molar-refractivity contribution >= 4 is 7.85 Å². The fraction of sp³-hybridized carbons (Fsp3) is 0.200. The van der Waals surface area contributed by atoms with Gasteiger partial charge in [-0.2, -0.15) is 0 Å². The zero-order chi connectivity index (χ0) is 5.82. The molecule has 0 aliphatic carbocycles. The fourth-order valence-corrected chi connectivity index (χ4v) is 0.435. The van der Waals surface area contributed by atoms with Crippen molar-refractivity contribution in [3.63, 3.8) is 0 Å². The molecular formula is C5H5BN2. The van der Waals surface area contributed by atoms with Gasteiger partial charge < -0.3 is 0 Å². The van der Waals surface area contributed by atoms with Gasteiger partial charge in [0.2, 0.25) is 0 Å². The molecule has 0 saturated heterocycles. The van der Waals surface area contributed by atoms with Crippen molar-refractivity contribution in [2.75, 3.05) is 0 Å². The van der Waals surface area contributed by atoms with Crippen LogP contribution in [0, 0.1) is 0 Å². The maximum absolute atomic E-state index is 5.25. The molecule has 0 spiro atoms. The number of rotatable bonds is 1. The average molecular weight is 104 g/mol. The Morgan fingerprint density at radius 2 is 2.38 bits per heavy atom. The molecule has 0 amide bonds. The maximum Gasteiger partial charge on any atom is 0.0738 e. The molecule has 1 rings (SSSR count). The van der Waals surface area contributed by atoms with Crippen LogP contribution >= 0.6 is 0 Å². The number of hydrogen-bond acceptors (Lipinski definition) is 2. The van der Waals surface area contributed by atoms with E-state index in [-0.39, 0.29) is 0 Å². The smallest absolute Gasteiger partial charge is 0.0738 e. The standard InChI is InChI=1S/C5H5BN2/c6-3-5-4-7-1-2-8-5/h1-2,4H,3H2. The van der Waals surface area contributed by atoms with Gasteiger partial charge in [-0.3, -0.25) is 9.97 Å². The molecule has 0 fully saturated rings. The van der Waals surface area contributed by atoms with Gasteiger partial charge in [-0.1, -0.05) is 0 Å². The van der Waals surface area contributed by atoms with Crippen molar-refractivity contribution in [3.05, 3.63) is 24.3 Å². The normalized spacial score (nSPS) is 9.00. The average Bonchev–Trinajstić information content (AvgIpc) is 1.90. The van der Waals surface area contributed by atoms with Crippen molar-refractivity contribution in [1.29, 1.82) is 0 Å². The Labute approximate surface area is 49.4 Å². The lowest BCUT2D eigenvalue weighted by Gasteiger charge is -1.88. The summed E-state index contributed by atoms with van der Waals surface area (Å²) in [6, 6.07) is 0. The lowest BCUT2D eigenvalue weighted by Crippen LogP contribution is -1.87. The summed E-state index contributed by atoms with van der Waals surface area (Å²) in [6.07, 6.45) is 5.37. The first kappa shape index (κ1) is 5.28. The molecule has 0 unspecified atom stereocenters. The molecule has 3 heteroatoms. The highest BCUT2D eigenvalue weighted by Gasteiger charge is 1.82. The summed E-state index contributed by atoms with van der Waals surface area (Å²) in [5, 5.41) is 0. The highest BCUT2D eigenvalue weighted by atomic mass is 14.7. The van der Waals surface area contributed by atoms with Gasteiger partial charge in [-0.05, 0) is 6.32 Å². The second-order valence-corrected chi connectivity index (χ2v) is 1.40. The first-order valence-electron chi connectivity index (χ1n) is 2.38. The SMILES string of the molecule is [B]Cc1cnccn1. The third-order valence-corrected chi connectivity index (χ3v) is 0.826. The summed E-state index contributed by atoms with van der Waals surface area (Å²) in [6.45, 7) is 0. The minimum absolute atomic E-state index is 0.466. The van der Waals surface area contributed by atoms with Crippen LogP contribution in [0.4, 0.5) is 0 Å². The Morgan fingerprint density at radius 1 is 1.50 bits per heavy atom. The topological polar surface area (TPSA) is 25.8 Å². The molecule has 0 aliphatic rings. The van der Waals surface area contributed by atoms with Gasteiger partial charge in [0, 0.05) is 18.6 Å². The third-order valence-electron chi connectivity index (χ3n) is 0.826. The lowest BCUT2D eigenvalue weighted by molar-refractivity contribution is 1.10. The molecule has 2 nitrogen and oxygen atoms in total. The first-order chi connectivity index (χ1) is 3.93. The Bertz CT molecular complexity index is 152. The van der Waals surface area contributed by atoms with Crippen LogP contribution in [0.1, 0.15) is 5.69 Å². The van der Waals surface area contributed by atoms with E-state index in [1.807, 2.05) is 0 Å². The highest BCUT2D eigenvalue weighted by molar-refractivity contribution is 6.08. The Morgan fingerprint density at radius 3 is 2.75 bits per heavy atom. The number of aromatic nitrogens is 2. The van der Waals surface area contributed by atoms with E-state index < -0.39 is 0 Å². The molecule has 0 saturated carbocycles. The van der Waals surface area contributed by atoms with Gasteiger partial charge in [-0.15, -0.1) is 0 Å². The predicted octanol–water partition coefficient (Wildman–Crippen LogP) is 0.145. The first-order valence-corrected chi connectivity index (χ1v) is 2.38. The minimum Gasteiger partial charge on any atom is -0.261 e. The van der Waals surface area contributed by atoms with Crippen LogP contribution in [0.3, 0.4) is 0 Å². The van der Waals surface area contributed by atoms with Crippen molar-refractivity contribution in [3.8, 4) is 0 Å². The second kappa shape index (κ2) is 2.45. The highest BCUT2D eigenvalue weighted by Crippen LogP contribution is 1.85. The van der Waals surface area contributed by atoms with Crippen LogP contribution in [0.2, 0.25) is 0 Å². The summed E-state index contributed by atoms with van der Waals surface area (Å²) in [7, 11) is 5.25. The molecule has 0 bridgehead atoms. The van der Waals surface area contributed by atoms with Crippen molar-refractivity contribution < 1.29 is 0 Å². The quantitative estimate of drug-likeness (QED) is 0.473. The van der Waals surface area contributed by atoms with E-state index in [9.17, 15) is 0 Å². The van der Waals surface area contributed by atoms with E-state index in [0.29, 0.717) is 6.32 Å². The molecule has 38 valence electrons.